The molecule has 2 atom stereocenters. The van der Waals surface area contributed by atoms with Crippen LogP contribution in [-0.2, 0) is 9.47 Å². The fourth-order valence-corrected chi connectivity index (χ4v) is 3.25. The lowest BCUT2D eigenvalue weighted by Crippen LogP contribution is -2.31. The first-order chi connectivity index (χ1) is 9.94. The molecule has 21 heavy (non-hydrogen) atoms. The van der Waals surface area contributed by atoms with Crippen LogP contribution in [0.5, 0.6) is 0 Å². The normalized spacial score (nSPS) is 30.6. The summed E-state index contributed by atoms with van der Waals surface area (Å²) < 4.78 is 11.5. The van der Waals surface area contributed by atoms with Crippen LogP contribution in [-0.4, -0.2) is 25.2 Å². The lowest BCUT2D eigenvalue weighted by Gasteiger charge is -2.30. The van der Waals surface area contributed by atoms with Crippen molar-refractivity contribution in [3.8, 4) is 0 Å². The van der Waals surface area contributed by atoms with Crippen molar-refractivity contribution in [2.45, 2.75) is 38.6 Å². The average Bonchev–Trinajstić information content (AvgIpc) is 3.01. The van der Waals surface area contributed by atoms with Crippen molar-refractivity contribution < 1.29 is 9.47 Å². The number of hydrogen-bond acceptors (Lipinski definition) is 3. The van der Waals surface area contributed by atoms with Crippen molar-refractivity contribution in [1.29, 1.82) is 0 Å². The van der Waals surface area contributed by atoms with Crippen LogP contribution in [0, 0.1) is 5.41 Å². The molecule has 0 spiro atoms. The third-order valence-corrected chi connectivity index (χ3v) is 4.46. The van der Waals surface area contributed by atoms with E-state index in [4.69, 9.17) is 14.5 Å². The Morgan fingerprint density at radius 2 is 1.90 bits per heavy atom. The first kappa shape index (κ1) is 14.2. The molecule has 0 saturated carbocycles. The van der Waals surface area contributed by atoms with Gasteiger partial charge in [0.1, 0.15) is 6.61 Å². The minimum Gasteiger partial charge on any atom is -0.501 e. The van der Waals surface area contributed by atoms with Gasteiger partial charge in [0.25, 0.3) is 0 Å². The van der Waals surface area contributed by atoms with Gasteiger partial charge in [-0.15, -0.1) is 0 Å². The summed E-state index contributed by atoms with van der Waals surface area (Å²) in [4.78, 5) is 4.82. The number of aliphatic imine (C=N–C) groups is 1. The Morgan fingerprint density at radius 3 is 2.48 bits per heavy atom. The number of benzene rings is 1. The van der Waals surface area contributed by atoms with Gasteiger partial charge in [-0.2, -0.15) is 0 Å². The van der Waals surface area contributed by atoms with Gasteiger partial charge < -0.3 is 9.47 Å². The summed E-state index contributed by atoms with van der Waals surface area (Å²) >= 11 is 0. The second-order valence-corrected chi connectivity index (χ2v) is 6.84. The molecule has 3 heteroatoms. The summed E-state index contributed by atoms with van der Waals surface area (Å²) in [5, 5.41) is 0. The summed E-state index contributed by atoms with van der Waals surface area (Å²) in [6.45, 7) is 7.11. The van der Waals surface area contributed by atoms with E-state index in [1.807, 2.05) is 6.07 Å². The maximum absolute atomic E-state index is 5.96. The first-order valence-corrected chi connectivity index (χ1v) is 7.47. The molecular formula is C18H23NO2. The van der Waals surface area contributed by atoms with Gasteiger partial charge >= 0.3 is 0 Å². The molecule has 3 rings (SSSR count). The smallest absolute Gasteiger partial charge is 0.191 e. The quantitative estimate of drug-likeness (QED) is 0.843. The maximum Gasteiger partial charge on any atom is 0.191 e. The molecule has 0 saturated heterocycles. The molecule has 0 radical (unpaired) electrons. The molecule has 1 aromatic rings. The van der Waals surface area contributed by atoms with Crippen molar-refractivity contribution in [1.82, 2.24) is 0 Å². The molecule has 0 unspecified atom stereocenters. The van der Waals surface area contributed by atoms with Crippen LogP contribution in [0.1, 0.15) is 38.7 Å². The molecular weight excluding hydrogens is 262 g/mol. The summed E-state index contributed by atoms with van der Waals surface area (Å²) in [6, 6.07) is 10.5. The molecule has 0 amide bonds. The lowest BCUT2D eigenvalue weighted by molar-refractivity contribution is 0.224. The molecule has 1 aromatic carbocycles. The largest absolute Gasteiger partial charge is 0.501 e. The number of rotatable bonds is 3. The predicted octanol–water partition coefficient (Wildman–Crippen LogP) is 3.92. The Balaban J connectivity index is 2.01. The predicted molar refractivity (Wildman–Crippen MR) is 84.5 cm³/mol. The van der Waals surface area contributed by atoms with Gasteiger partial charge in [0, 0.05) is 12.3 Å². The maximum atomic E-state index is 5.96. The molecule has 0 fully saturated rings. The number of allylic oxidation sites excluding steroid dienone is 2. The van der Waals surface area contributed by atoms with Gasteiger partial charge in [-0.3, -0.25) is 0 Å². The Bertz CT molecular complexity index is 588. The molecule has 0 N–H and O–H groups in total. The molecule has 0 bridgehead atoms. The fraction of sp³-hybridized carbons (Fsp3) is 0.500. The van der Waals surface area contributed by atoms with E-state index in [1.54, 1.807) is 7.11 Å². The van der Waals surface area contributed by atoms with E-state index >= 15 is 0 Å². The van der Waals surface area contributed by atoms with Crippen LogP contribution in [0.25, 0.3) is 0 Å². The summed E-state index contributed by atoms with van der Waals surface area (Å²) in [5.74, 6) is 2.12. The molecule has 1 aliphatic heterocycles. The minimum atomic E-state index is -0.166. The number of hydrogen-bond donors (Lipinski definition) is 0. The Kier molecular flexibility index (Phi) is 3.31. The van der Waals surface area contributed by atoms with Crippen molar-refractivity contribution in [2.24, 2.45) is 10.4 Å². The highest BCUT2D eigenvalue weighted by atomic mass is 16.5. The van der Waals surface area contributed by atoms with Gasteiger partial charge in [-0.1, -0.05) is 30.3 Å². The highest BCUT2D eigenvalue weighted by molar-refractivity contribution is 5.86. The third-order valence-electron chi connectivity index (χ3n) is 4.46. The lowest BCUT2D eigenvalue weighted by atomic mass is 9.75. The summed E-state index contributed by atoms with van der Waals surface area (Å²) in [7, 11) is 1.74. The molecule has 1 aliphatic carbocycles. The topological polar surface area (TPSA) is 30.8 Å². The van der Waals surface area contributed by atoms with Gasteiger partial charge in [0.05, 0.1) is 23.8 Å². The van der Waals surface area contributed by atoms with E-state index in [2.05, 4.69) is 51.1 Å². The van der Waals surface area contributed by atoms with Crippen LogP contribution in [0.2, 0.25) is 0 Å². The standard InChI is InChI=1S/C18H23NO2/c1-17(2)12-21-16(19-17)18(3)11-14(20-4)10-15(18)13-8-6-5-7-9-13/h5-10,15H,11-12H2,1-4H3/t15-,18-/m1/s1. The average molecular weight is 285 g/mol. The van der Waals surface area contributed by atoms with Crippen molar-refractivity contribution in [2.75, 3.05) is 13.7 Å². The van der Waals surface area contributed by atoms with Crippen LogP contribution < -0.4 is 0 Å². The van der Waals surface area contributed by atoms with Crippen LogP contribution in [0.3, 0.4) is 0 Å². The molecule has 1 heterocycles. The second-order valence-electron chi connectivity index (χ2n) is 6.84. The number of nitrogens with zero attached hydrogens (tertiary/aromatic N) is 1. The minimum absolute atomic E-state index is 0.130. The first-order valence-electron chi connectivity index (χ1n) is 7.47. The van der Waals surface area contributed by atoms with Crippen molar-refractivity contribution >= 4 is 5.90 Å². The Hall–Kier alpha value is -1.77. The Morgan fingerprint density at radius 1 is 1.19 bits per heavy atom. The van der Waals surface area contributed by atoms with E-state index in [9.17, 15) is 0 Å². The third kappa shape index (κ3) is 2.45. The zero-order valence-electron chi connectivity index (χ0n) is 13.2. The zero-order valence-corrected chi connectivity index (χ0v) is 13.2. The van der Waals surface area contributed by atoms with Gasteiger partial charge in [-0.05, 0) is 32.4 Å². The van der Waals surface area contributed by atoms with Gasteiger partial charge in [0.15, 0.2) is 5.90 Å². The van der Waals surface area contributed by atoms with E-state index in [1.165, 1.54) is 5.56 Å². The summed E-state index contributed by atoms with van der Waals surface area (Å²) in [6.07, 6.45) is 3.05. The molecule has 0 aromatic heterocycles. The monoisotopic (exact) mass is 285 g/mol. The SMILES string of the molecule is COC1=C[C@H](c2ccccc2)[C@](C)(C2=NC(C)(C)CO2)C1. The van der Waals surface area contributed by atoms with Crippen LogP contribution in [0.4, 0.5) is 0 Å². The van der Waals surface area contributed by atoms with Crippen molar-refractivity contribution in [3.63, 3.8) is 0 Å². The Labute approximate surface area is 126 Å². The van der Waals surface area contributed by atoms with Crippen molar-refractivity contribution in [3.05, 3.63) is 47.7 Å². The molecule has 112 valence electrons. The number of methoxy groups -OCH3 is 1. The highest BCUT2D eigenvalue weighted by Gasteiger charge is 2.48. The summed E-state index contributed by atoms with van der Waals surface area (Å²) in [5.41, 5.74) is 0.985. The van der Waals surface area contributed by atoms with Crippen LogP contribution >= 0.6 is 0 Å². The van der Waals surface area contributed by atoms with E-state index in [0.717, 1.165) is 18.1 Å². The number of ether oxygens (including phenoxy) is 2. The van der Waals surface area contributed by atoms with E-state index < -0.39 is 0 Å². The second kappa shape index (κ2) is 4.90. The van der Waals surface area contributed by atoms with Gasteiger partial charge in [-0.25, -0.2) is 4.99 Å². The van der Waals surface area contributed by atoms with E-state index in [-0.39, 0.29) is 16.9 Å². The van der Waals surface area contributed by atoms with E-state index in [0.29, 0.717) is 6.61 Å². The molecule has 3 nitrogen and oxygen atoms in total. The zero-order chi connectivity index (χ0) is 15.1. The van der Waals surface area contributed by atoms with Gasteiger partial charge in [0.2, 0.25) is 0 Å². The highest BCUT2D eigenvalue weighted by Crippen LogP contribution is 2.50. The molecule has 2 aliphatic rings. The fourth-order valence-electron chi connectivity index (χ4n) is 3.25. The van der Waals surface area contributed by atoms with Crippen LogP contribution in [0.15, 0.2) is 47.2 Å².